The van der Waals surface area contributed by atoms with E-state index in [4.69, 9.17) is 15.6 Å². The quantitative estimate of drug-likeness (QED) is 0.829. The molecule has 0 bridgehead atoms. The molecule has 0 saturated carbocycles. The number of ether oxygens (including phenoxy) is 1. The van der Waals surface area contributed by atoms with Crippen molar-refractivity contribution in [1.82, 2.24) is 0 Å². The third kappa shape index (κ3) is 3.01. The maximum absolute atomic E-state index is 11.1. The molecule has 0 aromatic heterocycles. The van der Waals surface area contributed by atoms with Crippen molar-refractivity contribution in [3.63, 3.8) is 0 Å². The summed E-state index contributed by atoms with van der Waals surface area (Å²) in [4.78, 5) is 13.3. The first kappa shape index (κ1) is 14.1. The molecule has 2 rings (SSSR count). The van der Waals surface area contributed by atoms with Gasteiger partial charge in [0.1, 0.15) is 0 Å². The van der Waals surface area contributed by atoms with Crippen molar-refractivity contribution in [2.45, 2.75) is 6.42 Å². The van der Waals surface area contributed by atoms with Crippen LogP contribution in [0, 0.1) is 5.92 Å². The molecule has 3 N–H and O–H groups in total. The predicted molar refractivity (Wildman–Crippen MR) is 77.7 cm³/mol. The lowest BCUT2D eigenvalue weighted by Crippen LogP contribution is -2.22. The smallest absolute Gasteiger partial charge is 0.337 e. The highest BCUT2D eigenvalue weighted by molar-refractivity contribution is 9.10. The number of halogens is 1. The number of rotatable bonds is 4. The second kappa shape index (κ2) is 5.79. The van der Waals surface area contributed by atoms with Gasteiger partial charge in [0.15, 0.2) is 0 Å². The zero-order valence-electron chi connectivity index (χ0n) is 10.7. The number of carbonyl (C=O) groups is 1. The molecule has 0 radical (unpaired) electrons. The molecule has 1 heterocycles. The monoisotopic (exact) mass is 328 g/mol. The zero-order valence-corrected chi connectivity index (χ0v) is 12.3. The van der Waals surface area contributed by atoms with Gasteiger partial charge in [0, 0.05) is 36.3 Å². The van der Waals surface area contributed by atoms with E-state index in [9.17, 15) is 4.79 Å². The van der Waals surface area contributed by atoms with E-state index in [2.05, 4.69) is 20.8 Å². The van der Waals surface area contributed by atoms with Gasteiger partial charge in [-0.3, -0.25) is 0 Å². The first-order valence-electron chi connectivity index (χ1n) is 6.09. The molecule has 1 aromatic rings. The van der Waals surface area contributed by atoms with Crippen LogP contribution in [0.4, 0.5) is 11.4 Å². The van der Waals surface area contributed by atoms with Crippen molar-refractivity contribution in [3.8, 4) is 0 Å². The van der Waals surface area contributed by atoms with E-state index in [-0.39, 0.29) is 11.3 Å². The van der Waals surface area contributed by atoms with Crippen LogP contribution in [0.1, 0.15) is 16.8 Å². The van der Waals surface area contributed by atoms with Crippen molar-refractivity contribution in [3.05, 3.63) is 22.2 Å². The van der Waals surface area contributed by atoms with Gasteiger partial charge in [-0.2, -0.15) is 0 Å². The van der Waals surface area contributed by atoms with Crippen LogP contribution in [0.3, 0.4) is 0 Å². The highest BCUT2D eigenvalue weighted by Crippen LogP contribution is 2.34. The van der Waals surface area contributed by atoms with Crippen LogP contribution in [-0.2, 0) is 4.74 Å². The predicted octanol–water partition coefficient (Wildman–Crippen LogP) is 2.20. The number of hydrogen-bond acceptors (Lipinski definition) is 4. The zero-order chi connectivity index (χ0) is 14.0. The lowest BCUT2D eigenvalue weighted by Gasteiger charge is -2.21. The van der Waals surface area contributed by atoms with E-state index < -0.39 is 5.97 Å². The number of benzene rings is 1. The van der Waals surface area contributed by atoms with Gasteiger partial charge >= 0.3 is 5.97 Å². The molecule has 1 saturated heterocycles. The SMILES string of the molecule is COCC1CCN(c2cc(C(=O)O)c(N)cc2Br)C1. The van der Waals surface area contributed by atoms with E-state index >= 15 is 0 Å². The number of carboxylic acid groups (broad SMARTS) is 1. The Morgan fingerprint density at radius 1 is 1.63 bits per heavy atom. The van der Waals surface area contributed by atoms with Crippen LogP contribution in [-0.4, -0.2) is 37.9 Å². The molecule has 1 fully saturated rings. The lowest BCUT2D eigenvalue weighted by atomic mass is 10.1. The van der Waals surface area contributed by atoms with Gasteiger partial charge in [0.25, 0.3) is 0 Å². The summed E-state index contributed by atoms with van der Waals surface area (Å²) in [5, 5.41) is 9.13. The van der Waals surface area contributed by atoms with Gasteiger partial charge in [0.2, 0.25) is 0 Å². The summed E-state index contributed by atoms with van der Waals surface area (Å²) in [5.41, 5.74) is 7.02. The Kier molecular flexibility index (Phi) is 4.31. The highest BCUT2D eigenvalue weighted by atomic mass is 79.9. The van der Waals surface area contributed by atoms with Gasteiger partial charge in [-0.25, -0.2) is 4.79 Å². The largest absolute Gasteiger partial charge is 0.478 e. The standard InChI is InChI=1S/C13H17BrN2O3/c1-19-7-8-2-3-16(6-8)12-4-9(13(17)18)11(15)5-10(12)14/h4-5,8H,2-3,6-7,15H2,1H3,(H,17,18). The number of nitrogens with zero attached hydrogens (tertiary/aromatic N) is 1. The van der Waals surface area contributed by atoms with Crippen molar-refractivity contribution in [2.24, 2.45) is 5.92 Å². The van der Waals surface area contributed by atoms with Crippen LogP contribution >= 0.6 is 15.9 Å². The summed E-state index contributed by atoms with van der Waals surface area (Å²) in [6, 6.07) is 3.29. The van der Waals surface area contributed by atoms with E-state index in [0.717, 1.165) is 36.3 Å². The molecule has 1 aliphatic rings. The molecule has 1 unspecified atom stereocenters. The fraction of sp³-hybridized carbons (Fsp3) is 0.462. The first-order valence-corrected chi connectivity index (χ1v) is 6.88. The fourth-order valence-corrected chi connectivity index (χ4v) is 3.04. The summed E-state index contributed by atoms with van der Waals surface area (Å²) < 4.78 is 6.00. The minimum atomic E-state index is -1.00. The fourth-order valence-electron chi connectivity index (χ4n) is 2.43. The molecule has 6 heteroatoms. The second-order valence-corrected chi connectivity index (χ2v) is 5.61. The van der Waals surface area contributed by atoms with E-state index in [1.165, 1.54) is 0 Å². The minimum absolute atomic E-state index is 0.147. The normalized spacial score (nSPS) is 18.8. The van der Waals surface area contributed by atoms with Gasteiger partial charge in [-0.15, -0.1) is 0 Å². The van der Waals surface area contributed by atoms with Crippen molar-refractivity contribution in [1.29, 1.82) is 0 Å². The van der Waals surface area contributed by atoms with Gasteiger partial charge < -0.3 is 20.5 Å². The summed E-state index contributed by atoms with van der Waals surface area (Å²) in [5.74, 6) is -0.512. The van der Waals surface area contributed by atoms with Gasteiger partial charge in [-0.1, -0.05) is 0 Å². The van der Waals surface area contributed by atoms with Gasteiger partial charge in [0.05, 0.1) is 17.9 Å². The van der Waals surface area contributed by atoms with Crippen molar-refractivity contribution < 1.29 is 14.6 Å². The molecule has 104 valence electrons. The highest BCUT2D eigenvalue weighted by Gasteiger charge is 2.25. The Hall–Kier alpha value is -1.27. The number of aromatic carboxylic acids is 1. The molecule has 5 nitrogen and oxygen atoms in total. The molecule has 1 atom stereocenters. The molecule has 1 aromatic carbocycles. The van der Waals surface area contributed by atoms with E-state index in [0.29, 0.717) is 5.92 Å². The van der Waals surface area contributed by atoms with Crippen molar-refractivity contribution >= 4 is 33.3 Å². The number of methoxy groups -OCH3 is 1. The first-order chi connectivity index (χ1) is 9.02. The third-order valence-corrected chi connectivity index (χ3v) is 4.01. The summed E-state index contributed by atoms with van der Waals surface area (Å²) in [6.45, 7) is 2.50. The van der Waals surface area contributed by atoms with Crippen LogP contribution in [0.25, 0.3) is 0 Å². The Labute approximate surface area is 120 Å². The summed E-state index contributed by atoms with van der Waals surface area (Å²) in [7, 11) is 1.70. The van der Waals surface area contributed by atoms with Crippen LogP contribution < -0.4 is 10.6 Å². The summed E-state index contributed by atoms with van der Waals surface area (Å²) in [6.07, 6.45) is 1.05. The third-order valence-electron chi connectivity index (χ3n) is 3.38. The topological polar surface area (TPSA) is 75.8 Å². The molecule has 1 aliphatic heterocycles. The van der Waals surface area contributed by atoms with Crippen LogP contribution in [0.15, 0.2) is 16.6 Å². The summed E-state index contributed by atoms with van der Waals surface area (Å²) >= 11 is 3.45. The van der Waals surface area contributed by atoms with Gasteiger partial charge in [-0.05, 0) is 34.5 Å². The van der Waals surface area contributed by atoms with E-state index in [1.807, 2.05) is 0 Å². The number of nitrogen functional groups attached to an aromatic ring is 1. The Morgan fingerprint density at radius 2 is 2.37 bits per heavy atom. The Morgan fingerprint density at radius 3 is 3.00 bits per heavy atom. The van der Waals surface area contributed by atoms with Crippen LogP contribution in [0.5, 0.6) is 0 Å². The molecule has 0 amide bonds. The molecule has 0 spiro atoms. The van der Waals surface area contributed by atoms with Crippen LogP contribution in [0.2, 0.25) is 0 Å². The van der Waals surface area contributed by atoms with Crippen molar-refractivity contribution in [2.75, 3.05) is 37.4 Å². The molecule has 0 aliphatic carbocycles. The second-order valence-electron chi connectivity index (χ2n) is 4.75. The average molecular weight is 329 g/mol. The molecule has 19 heavy (non-hydrogen) atoms. The average Bonchev–Trinajstić information content (AvgIpc) is 2.77. The molecular weight excluding hydrogens is 312 g/mol. The number of carboxylic acids is 1. The number of anilines is 2. The maximum Gasteiger partial charge on any atom is 0.337 e. The minimum Gasteiger partial charge on any atom is -0.478 e. The maximum atomic E-state index is 11.1. The number of nitrogens with two attached hydrogens (primary N) is 1. The lowest BCUT2D eigenvalue weighted by molar-refractivity contribution is 0.0698. The van der Waals surface area contributed by atoms with E-state index in [1.54, 1.807) is 19.2 Å². The Bertz CT molecular complexity index is 493. The Balaban J connectivity index is 2.25. The molecular formula is C13H17BrN2O3. The number of hydrogen-bond donors (Lipinski definition) is 2.